The molecule has 0 saturated carbocycles. The molecule has 3 heterocycles. The minimum absolute atomic E-state index is 0.137. The van der Waals surface area contributed by atoms with Crippen LogP contribution in [0.3, 0.4) is 0 Å². The molecule has 134 valence electrons. The quantitative estimate of drug-likeness (QED) is 0.765. The first kappa shape index (κ1) is 16.5. The molecule has 0 aliphatic carbocycles. The van der Waals surface area contributed by atoms with E-state index in [-0.39, 0.29) is 5.91 Å². The van der Waals surface area contributed by atoms with Crippen LogP contribution in [0.15, 0.2) is 42.9 Å². The number of hydrogen-bond donors (Lipinski definition) is 1. The highest BCUT2D eigenvalue weighted by Gasteiger charge is 2.16. The van der Waals surface area contributed by atoms with Crippen LogP contribution in [0.2, 0.25) is 0 Å². The molecular weight excluding hydrogens is 328 g/mol. The Morgan fingerprint density at radius 3 is 2.88 bits per heavy atom. The van der Waals surface area contributed by atoms with Gasteiger partial charge in [0.1, 0.15) is 17.3 Å². The Morgan fingerprint density at radius 1 is 1.12 bits per heavy atom. The van der Waals surface area contributed by atoms with Crippen LogP contribution < -0.4 is 5.32 Å². The van der Waals surface area contributed by atoms with E-state index in [0.717, 1.165) is 30.3 Å². The predicted molar refractivity (Wildman–Crippen MR) is 97.2 cm³/mol. The van der Waals surface area contributed by atoms with Gasteiger partial charge in [-0.05, 0) is 25.0 Å². The summed E-state index contributed by atoms with van der Waals surface area (Å²) in [5.41, 5.74) is 1.44. The molecule has 7 heteroatoms. The maximum absolute atomic E-state index is 12.6. The number of carbonyl (C=O) groups is 1. The topological polar surface area (TPSA) is 77.6 Å². The molecule has 1 aliphatic heterocycles. The maximum atomic E-state index is 12.6. The minimum Gasteiger partial charge on any atom is -0.350 e. The van der Waals surface area contributed by atoms with Crippen LogP contribution >= 0.6 is 0 Å². The third-order valence-corrected chi connectivity index (χ3v) is 4.73. The smallest absolute Gasteiger partial charge is 0.269 e. The second kappa shape index (κ2) is 7.51. The standard InChI is InChI=1S/C19H22N6O/c26-19(16-13-20-14-25(16)15-7-3-1-4-8-15)21-11-10-18-23-22-17-9-5-2-6-12-24(17)18/h1,3-4,7-8,13-14H,2,5-6,9-12H2,(H,21,26). The van der Waals surface area contributed by atoms with E-state index in [0.29, 0.717) is 18.7 Å². The Morgan fingerprint density at radius 2 is 2.00 bits per heavy atom. The molecule has 4 rings (SSSR count). The van der Waals surface area contributed by atoms with E-state index in [1.807, 2.05) is 30.3 Å². The highest BCUT2D eigenvalue weighted by atomic mass is 16.1. The average Bonchev–Trinajstić information content (AvgIpc) is 3.24. The second-order valence-corrected chi connectivity index (χ2v) is 6.49. The van der Waals surface area contributed by atoms with Gasteiger partial charge < -0.3 is 9.88 Å². The molecule has 0 fully saturated rings. The number of para-hydroxylation sites is 1. The summed E-state index contributed by atoms with van der Waals surface area (Å²) >= 11 is 0. The molecule has 7 nitrogen and oxygen atoms in total. The summed E-state index contributed by atoms with van der Waals surface area (Å²) in [4.78, 5) is 16.7. The fourth-order valence-electron chi connectivity index (χ4n) is 3.37. The van der Waals surface area contributed by atoms with Gasteiger partial charge >= 0.3 is 0 Å². The number of rotatable bonds is 5. The van der Waals surface area contributed by atoms with Gasteiger partial charge in [0.15, 0.2) is 0 Å². The van der Waals surface area contributed by atoms with Crippen LogP contribution in [0.1, 0.15) is 41.4 Å². The highest BCUT2D eigenvalue weighted by molar-refractivity contribution is 5.92. The maximum Gasteiger partial charge on any atom is 0.269 e. The van der Waals surface area contributed by atoms with Gasteiger partial charge in [0.2, 0.25) is 0 Å². The van der Waals surface area contributed by atoms with E-state index in [1.54, 1.807) is 17.1 Å². The van der Waals surface area contributed by atoms with Crippen LogP contribution in [0.5, 0.6) is 0 Å². The van der Waals surface area contributed by atoms with Crippen molar-refractivity contribution in [3.63, 3.8) is 0 Å². The number of aryl methyl sites for hydroxylation is 1. The number of nitrogens with zero attached hydrogens (tertiary/aromatic N) is 5. The van der Waals surface area contributed by atoms with E-state index in [4.69, 9.17) is 0 Å². The first-order chi connectivity index (χ1) is 12.8. The zero-order chi connectivity index (χ0) is 17.8. The molecule has 3 aromatic rings. The number of aromatic nitrogens is 5. The van der Waals surface area contributed by atoms with Gasteiger partial charge in [0.05, 0.1) is 12.5 Å². The fraction of sp³-hybridized carbons (Fsp3) is 0.368. The van der Waals surface area contributed by atoms with Crippen LogP contribution in [0.4, 0.5) is 0 Å². The van der Waals surface area contributed by atoms with E-state index in [9.17, 15) is 4.79 Å². The first-order valence-electron chi connectivity index (χ1n) is 9.10. The Bertz CT molecular complexity index is 883. The zero-order valence-corrected chi connectivity index (χ0v) is 14.6. The van der Waals surface area contributed by atoms with Gasteiger partial charge in [0.25, 0.3) is 5.91 Å². The lowest BCUT2D eigenvalue weighted by atomic mass is 10.2. The monoisotopic (exact) mass is 350 g/mol. The van der Waals surface area contributed by atoms with Gasteiger partial charge in [-0.25, -0.2) is 4.98 Å². The highest BCUT2D eigenvalue weighted by Crippen LogP contribution is 2.15. The Kier molecular flexibility index (Phi) is 4.77. The lowest BCUT2D eigenvalue weighted by molar-refractivity contribution is 0.0947. The number of hydrogen-bond acceptors (Lipinski definition) is 4. The molecule has 0 radical (unpaired) electrons. The van der Waals surface area contributed by atoms with Gasteiger partial charge in [-0.1, -0.05) is 24.6 Å². The molecule has 1 aliphatic rings. The summed E-state index contributed by atoms with van der Waals surface area (Å²) in [6.07, 6.45) is 8.50. The SMILES string of the molecule is O=C(NCCc1nnc2n1CCCCC2)c1cncn1-c1ccccc1. The van der Waals surface area contributed by atoms with Crippen molar-refractivity contribution in [2.75, 3.05) is 6.54 Å². The van der Waals surface area contributed by atoms with Crippen LogP contribution in [0, 0.1) is 0 Å². The van der Waals surface area contributed by atoms with E-state index in [2.05, 4.69) is 25.1 Å². The predicted octanol–water partition coefficient (Wildman–Crippen LogP) is 2.16. The van der Waals surface area contributed by atoms with Crippen LogP contribution in [-0.2, 0) is 19.4 Å². The van der Waals surface area contributed by atoms with Crippen molar-refractivity contribution in [2.45, 2.75) is 38.6 Å². The molecule has 1 aromatic carbocycles. The van der Waals surface area contributed by atoms with Crippen LogP contribution in [-0.4, -0.2) is 36.8 Å². The average molecular weight is 350 g/mol. The number of imidazole rings is 1. The molecule has 2 aromatic heterocycles. The van der Waals surface area contributed by atoms with Crippen molar-refractivity contribution in [3.05, 3.63) is 60.2 Å². The summed E-state index contributed by atoms with van der Waals surface area (Å²) in [6.45, 7) is 1.50. The Balaban J connectivity index is 1.40. The van der Waals surface area contributed by atoms with Crippen molar-refractivity contribution in [2.24, 2.45) is 0 Å². The summed E-state index contributed by atoms with van der Waals surface area (Å²) in [5.74, 6) is 1.90. The molecular formula is C19H22N6O. The van der Waals surface area contributed by atoms with Gasteiger partial charge in [-0.3, -0.25) is 9.36 Å². The first-order valence-corrected chi connectivity index (χ1v) is 9.10. The Labute approximate surface area is 152 Å². The summed E-state index contributed by atoms with van der Waals surface area (Å²) in [6, 6.07) is 9.72. The fourth-order valence-corrected chi connectivity index (χ4v) is 3.37. The van der Waals surface area contributed by atoms with Crippen molar-refractivity contribution >= 4 is 5.91 Å². The number of carbonyl (C=O) groups excluding carboxylic acids is 1. The van der Waals surface area contributed by atoms with Gasteiger partial charge in [-0.15, -0.1) is 10.2 Å². The van der Waals surface area contributed by atoms with E-state index in [1.165, 1.54) is 19.3 Å². The number of nitrogens with one attached hydrogen (secondary N) is 1. The summed E-state index contributed by atoms with van der Waals surface area (Å²) < 4.78 is 4.01. The Hall–Kier alpha value is -2.96. The van der Waals surface area contributed by atoms with E-state index >= 15 is 0 Å². The molecule has 1 amide bonds. The normalized spacial score (nSPS) is 13.8. The van der Waals surface area contributed by atoms with Crippen LogP contribution in [0.25, 0.3) is 5.69 Å². The largest absolute Gasteiger partial charge is 0.350 e. The molecule has 0 unspecified atom stereocenters. The molecule has 0 spiro atoms. The molecule has 26 heavy (non-hydrogen) atoms. The number of benzene rings is 1. The third-order valence-electron chi connectivity index (χ3n) is 4.73. The lowest BCUT2D eigenvalue weighted by Gasteiger charge is -2.10. The summed E-state index contributed by atoms with van der Waals surface area (Å²) in [7, 11) is 0. The molecule has 1 N–H and O–H groups in total. The zero-order valence-electron chi connectivity index (χ0n) is 14.6. The molecule has 0 bridgehead atoms. The van der Waals surface area contributed by atoms with Crippen molar-refractivity contribution < 1.29 is 4.79 Å². The number of amides is 1. The van der Waals surface area contributed by atoms with Crippen molar-refractivity contribution in [3.8, 4) is 5.69 Å². The third kappa shape index (κ3) is 3.37. The lowest BCUT2D eigenvalue weighted by Crippen LogP contribution is -2.28. The van der Waals surface area contributed by atoms with Gasteiger partial charge in [0, 0.05) is 31.6 Å². The van der Waals surface area contributed by atoms with Crippen molar-refractivity contribution in [1.29, 1.82) is 0 Å². The molecule has 0 atom stereocenters. The summed E-state index contributed by atoms with van der Waals surface area (Å²) in [5, 5.41) is 11.6. The number of fused-ring (bicyclic) bond motifs is 1. The minimum atomic E-state index is -0.137. The van der Waals surface area contributed by atoms with E-state index < -0.39 is 0 Å². The van der Waals surface area contributed by atoms with Crippen molar-refractivity contribution in [1.82, 2.24) is 29.6 Å². The molecule has 0 saturated heterocycles. The van der Waals surface area contributed by atoms with Gasteiger partial charge in [-0.2, -0.15) is 0 Å². The second-order valence-electron chi connectivity index (χ2n) is 6.49.